The lowest BCUT2D eigenvalue weighted by Gasteiger charge is -2.14. The van der Waals surface area contributed by atoms with Gasteiger partial charge >= 0.3 is 5.97 Å². The van der Waals surface area contributed by atoms with Crippen LogP contribution in [0.3, 0.4) is 0 Å². The van der Waals surface area contributed by atoms with E-state index < -0.39 is 5.97 Å². The van der Waals surface area contributed by atoms with Crippen LogP contribution < -0.4 is 5.32 Å². The number of hydrogen-bond acceptors (Lipinski definition) is 2. The summed E-state index contributed by atoms with van der Waals surface area (Å²) in [5.41, 5.74) is 0.581. The summed E-state index contributed by atoms with van der Waals surface area (Å²) in [5, 5.41) is 11.5. The Hall–Kier alpha value is -2.28. The van der Waals surface area contributed by atoms with E-state index in [4.69, 9.17) is 11.5 Å². The maximum atomic E-state index is 11.8. The van der Waals surface area contributed by atoms with Gasteiger partial charge in [-0.25, -0.2) is 4.79 Å². The van der Waals surface area contributed by atoms with Gasteiger partial charge in [0.05, 0.1) is 5.56 Å². The van der Waals surface area contributed by atoms with Gasteiger partial charge in [-0.2, -0.15) is 0 Å². The highest BCUT2D eigenvalue weighted by Crippen LogP contribution is 2.06. The van der Waals surface area contributed by atoms with E-state index in [1.54, 1.807) is 0 Å². The molecule has 1 rings (SSSR count). The predicted octanol–water partition coefficient (Wildman–Crippen LogP) is 1.92. The monoisotopic (exact) mass is 245 g/mol. The van der Waals surface area contributed by atoms with Gasteiger partial charge in [-0.1, -0.05) is 6.92 Å². The Bertz CT molecular complexity index is 471. The number of amides is 1. The summed E-state index contributed by atoms with van der Waals surface area (Å²) in [6.07, 6.45) is 6.44. The Balaban J connectivity index is 2.72. The third-order valence-corrected chi connectivity index (χ3v) is 2.59. The molecule has 1 atom stereocenters. The van der Waals surface area contributed by atoms with Crippen molar-refractivity contribution >= 4 is 11.9 Å². The Morgan fingerprint density at radius 1 is 1.33 bits per heavy atom. The summed E-state index contributed by atoms with van der Waals surface area (Å²) in [7, 11) is 0. The molecule has 94 valence electrons. The summed E-state index contributed by atoms with van der Waals surface area (Å²) in [6.45, 7) is 1.94. The van der Waals surface area contributed by atoms with E-state index in [1.165, 1.54) is 24.3 Å². The molecular weight excluding hydrogens is 230 g/mol. The average Bonchev–Trinajstić information content (AvgIpc) is 2.38. The minimum absolute atomic E-state index is 0.0540. The summed E-state index contributed by atoms with van der Waals surface area (Å²) >= 11 is 0. The Morgan fingerprint density at radius 2 is 1.89 bits per heavy atom. The summed E-state index contributed by atoms with van der Waals surface area (Å²) in [6, 6.07) is 5.73. The quantitative estimate of drug-likeness (QED) is 0.779. The van der Waals surface area contributed by atoms with Crippen LogP contribution in [0.25, 0.3) is 0 Å². The van der Waals surface area contributed by atoms with E-state index in [0.29, 0.717) is 12.0 Å². The molecule has 1 amide bonds. The lowest BCUT2D eigenvalue weighted by Crippen LogP contribution is -2.34. The molecule has 18 heavy (non-hydrogen) atoms. The van der Waals surface area contributed by atoms with Crippen molar-refractivity contribution in [2.45, 2.75) is 25.8 Å². The SMILES string of the molecule is C#CCC(CC)NC(=O)c1ccc(C(=O)O)cc1. The van der Waals surface area contributed by atoms with E-state index in [0.717, 1.165) is 6.42 Å². The number of benzene rings is 1. The number of carbonyl (C=O) groups is 2. The van der Waals surface area contributed by atoms with Crippen molar-refractivity contribution < 1.29 is 14.7 Å². The lowest BCUT2D eigenvalue weighted by atomic mass is 10.1. The van der Waals surface area contributed by atoms with Crippen molar-refractivity contribution in [2.24, 2.45) is 0 Å². The number of hydrogen-bond donors (Lipinski definition) is 2. The molecule has 1 unspecified atom stereocenters. The van der Waals surface area contributed by atoms with Crippen LogP contribution in [0.15, 0.2) is 24.3 Å². The van der Waals surface area contributed by atoms with E-state index in [9.17, 15) is 9.59 Å². The van der Waals surface area contributed by atoms with Crippen LogP contribution >= 0.6 is 0 Å². The maximum absolute atomic E-state index is 11.8. The highest BCUT2D eigenvalue weighted by Gasteiger charge is 2.11. The highest BCUT2D eigenvalue weighted by atomic mass is 16.4. The fourth-order valence-electron chi connectivity index (χ4n) is 1.47. The molecule has 2 N–H and O–H groups in total. The molecule has 4 heteroatoms. The Labute approximate surface area is 106 Å². The van der Waals surface area contributed by atoms with Crippen molar-refractivity contribution in [3.05, 3.63) is 35.4 Å². The van der Waals surface area contributed by atoms with Gasteiger partial charge in [-0.05, 0) is 30.7 Å². The number of terminal acetylenes is 1. The molecule has 1 aromatic carbocycles. The van der Waals surface area contributed by atoms with E-state index >= 15 is 0 Å². The van der Waals surface area contributed by atoms with E-state index in [-0.39, 0.29) is 17.5 Å². The van der Waals surface area contributed by atoms with Crippen LogP contribution in [0, 0.1) is 12.3 Å². The molecule has 0 aliphatic heterocycles. The third-order valence-electron chi connectivity index (χ3n) is 2.59. The molecule has 4 nitrogen and oxygen atoms in total. The smallest absolute Gasteiger partial charge is 0.335 e. The number of carbonyl (C=O) groups excluding carboxylic acids is 1. The van der Waals surface area contributed by atoms with Gasteiger partial charge in [0.15, 0.2) is 0 Å². The Kier molecular flexibility index (Phi) is 4.94. The highest BCUT2D eigenvalue weighted by molar-refractivity contribution is 5.96. The van der Waals surface area contributed by atoms with Gasteiger partial charge in [0, 0.05) is 18.0 Å². The molecule has 0 bridgehead atoms. The van der Waals surface area contributed by atoms with Gasteiger partial charge in [-0.3, -0.25) is 4.79 Å². The second-order valence-corrected chi connectivity index (χ2v) is 3.87. The zero-order valence-electron chi connectivity index (χ0n) is 10.1. The van der Waals surface area contributed by atoms with Crippen LogP contribution in [0.4, 0.5) is 0 Å². The first-order valence-corrected chi connectivity index (χ1v) is 5.66. The molecule has 0 aromatic heterocycles. The van der Waals surface area contributed by atoms with Crippen LogP contribution in [-0.2, 0) is 0 Å². The molecule has 0 radical (unpaired) electrons. The standard InChI is InChI=1S/C14H15NO3/c1-3-5-12(4-2)15-13(16)10-6-8-11(9-7-10)14(17)18/h1,6-9,12H,4-5H2,2H3,(H,15,16)(H,17,18). The van der Waals surface area contributed by atoms with Crippen LogP contribution in [-0.4, -0.2) is 23.0 Å². The fourth-order valence-corrected chi connectivity index (χ4v) is 1.47. The number of carboxylic acids is 1. The van der Waals surface area contributed by atoms with Gasteiger partial charge in [0.2, 0.25) is 0 Å². The number of nitrogens with one attached hydrogen (secondary N) is 1. The van der Waals surface area contributed by atoms with E-state index in [1.807, 2.05) is 6.92 Å². The second-order valence-electron chi connectivity index (χ2n) is 3.87. The molecule has 0 saturated heterocycles. The van der Waals surface area contributed by atoms with Crippen LogP contribution in [0.5, 0.6) is 0 Å². The zero-order valence-corrected chi connectivity index (χ0v) is 10.1. The van der Waals surface area contributed by atoms with Gasteiger partial charge in [-0.15, -0.1) is 12.3 Å². The van der Waals surface area contributed by atoms with Crippen molar-refractivity contribution in [1.29, 1.82) is 0 Å². The number of rotatable bonds is 5. The molecule has 0 aliphatic rings. The van der Waals surface area contributed by atoms with Gasteiger partial charge in [0.25, 0.3) is 5.91 Å². The summed E-state index contributed by atoms with van der Waals surface area (Å²) in [4.78, 5) is 22.5. The first-order valence-electron chi connectivity index (χ1n) is 5.66. The summed E-state index contributed by atoms with van der Waals surface area (Å²) < 4.78 is 0. The minimum atomic E-state index is -1.01. The normalized spacial score (nSPS) is 11.3. The van der Waals surface area contributed by atoms with Gasteiger partial charge < -0.3 is 10.4 Å². The molecule has 0 aliphatic carbocycles. The lowest BCUT2D eigenvalue weighted by molar-refractivity contribution is 0.0696. The summed E-state index contributed by atoms with van der Waals surface area (Å²) in [5.74, 6) is 1.25. The van der Waals surface area contributed by atoms with Crippen LogP contribution in [0.1, 0.15) is 40.5 Å². The first kappa shape index (κ1) is 13.8. The number of carboxylic acid groups (broad SMARTS) is 1. The average molecular weight is 245 g/mol. The van der Waals surface area contributed by atoms with Crippen molar-refractivity contribution in [3.8, 4) is 12.3 Å². The van der Waals surface area contributed by atoms with Crippen molar-refractivity contribution in [3.63, 3.8) is 0 Å². The van der Waals surface area contributed by atoms with E-state index in [2.05, 4.69) is 11.2 Å². The predicted molar refractivity (Wildman–Crippen MR) is 68.4 cm³/mol. The van der Waals surface area contributed by atoms with Crippen LogP contribution in [0.2, 0.25) is 0 Å². The van der Waals surface area contributed by atoms with Crippen molar-refractivity contribution in [1.82, 2.24) is 5.32 Å². The zero-order chi connectivity index (χ0) is 13.5. The molecule has 0 spiro atoms. The third kappa shape index (κ3) is 3.63. The molecular formula is C14H15NO3. The minimum Gasteiger partial charge on any atom is -0.478 e. The Morgan fingerprint density at radius 3 is 2.33 bits per heavy atom. The molecule has 0 heterocycles. The maximum Gasteiger partial charge on any atom is 0.335 e. The largest absolute Gasteiger partial charge is 0.478 e. The van der Waals surface area contributed by atoms with Gasteiger partial charge in [0.1, 0.15) is 0 Å². The topological polar surface area (TPSA) is 66.4 Å². The number of aromatic carboxylic acids is 1. The molecule has 0 saturated carbocycles. The van der Waals surface area contributed by atoms with Crippen molar-refractivity contribution in [2.75, 3.05) is 0 Å². The second kappa shape index (κ2) is 6.45. The first-order chi connectivity index (χ1) is 8.58. The molecule has 1 aromatic rings. The fraction of sp³-hybridized carbons (Fsp3) is 0.286. The molecule has 0 fully saturated rings.